The van der Waals surface area contributed by atoms with E-state index in [4.69, 9.17) is 4.74 Å². The Morgan fingerprint density at radius 2 is 1.96 bits per heavy atom. The van der Waals surface area contributed by atoms with Crippen molar-refractivity contribution in [1.82, 2.24) is 9.80 Å². The van der Waals surface area contributed by atoms with Crippen LogP contribution < -0.4 is 0 Å². The molecule has 0 N–H and O–H groups in total. The first-order valence-electron chi connectivity index (χ1n) is 10.4. The van der Waals surface area contributed by atoms with Crippen LogP contribution in [0.1, 0.15) is 49.1 Å². The predicted molar refractivity (Wildman–Crippen MR) is 103 cm³/mol. The van der Waals surface area contributed by atoms with Gasteiger partial charge in [-0.3, -0.25) is 4.79 Å². The number of piperidine rings is 1. The second-order valence-electron chi connectivity index (χ2n) is 8.59. The summed E-state index contributed by atoms with van der Waals surface area (Å²) in [6.45, 7) is 5.36. The van der Waals surface area contributed by atoms with E-state index in [9.17, 15) is 9.18 Å². The van der Waals surface area contributed by atoms with Gasteiger partial charge >= 0.3 is 0 Å². The number of hydrogen-bond acceptors (Lipinski definition) is 3. The standard InChI is InChI=1S/C22H31FN2O2/c1-15-11-16(3-6-21(15)23)18-12-19-4-5-20(13-18)25(19)22(26)17-7-8-24(14-17)9-10-27-2/h3,6,11,17-20H,4-5,7-10,12-14H2,1-2H3/t17-,18?,19-,20+/m1/s1. The summed E-state index contributed by atoms with van der Waals surface area (Å²) in [6.07, 6.45) is 5.25. The summed E-state index contributed by atoms with van der Waals surface area (Å²) in [4.78, 5) is 17.8. The molecular weight excluding hydrogens is 343 g/mol. The Labute approximate surface area is 161 Å². The van der Waals surface area contributed by atoms with Gasteiger partial charge in [-0.1, -0.05) is 12.1 Å². The first kappa shape index (κ1) is 18.9. The number of ether oxygens (including phenoxy) is 1. The number of hydrogen-bond donors (Lipinski definition) is 0. The minimum Gasteiger partial charge on any atom is -0.383 e. The Balaban J connectivity index is 1.40. The lowest BCUT2D eigenvalue weighted by Crippen LogP contribution is -2.49. The molecular formula is C22H31FN2O2. The van der Waals surface area contributed by atoms with Gasteiger partial charge in [0.15, 0.2) is 0 Å². The van der Waals surface area contributed by atoms with Crippen LogP contribution in [0.5, 0.6) is 0 Å². The van der Waals surface area contributed by atoms with Gasteiger partial charge in [-0.15, -0.1) is 0 Å². The van der Waals surface area contributed by atoms with E-state index in [1.54, 1.807) is 13.2 Å². The Kier molecular flexibility index (Phi) is 5.51. The van der Waals surface area contributed by atoms with Crippen molar-refractivity contribution in [3.63, 3.8) is 0 Å². The van der Waals surface area contributed by atoms with E-state index in [1.807, 2.05) is 19.1 Å². The van der Waals surface area contributed by atoms with Crippen molar-refractivity contribution in [1.29, 1.82) is 0 Å². The lowest BCUT2D eigenvalue weighted by atomic mass is 9.84. The third-order valence-electron chi connectivity index (χ3n) is 6.87. The smallest absolute Gasteiger partial charge is 0.227 e. The topological polar surface area (TPSA) is 32.8 Å². The number of benzene rings is 1. The van der Waals surface area contributed by atoms with Crippen LogP contribution in [0.15, 0.2) is 18.2 Å². The SMILES string of the molecule is COCCN1CC[C@@H](C(=O)N2[C@@H]3CC[C@H]2CC(c2ccc(F)c(C)c2)C3)C1. The summed E-state index contributed by atoms with van der Waals surface area (Å²) >= 11 is 0. The normalized spacial score (nSPS) is 30.9. The second kappa shape index (κ2) is 7.88. The van der Waals surface area contributed by atoms with Crippen molar-refractivity contribution >= 4 is 5.91 Å². The molecule has 5 heteroatoms. The van der Waals surface area contributed by atoms with Gasteiger partial charge in [-0.05, 0) is 68.7 Å². The number of methoxy groups -OCH3 is 1. The molecule has 2 bridgehead atoms. The number of fused-ring (bicyclic) bond motifs is 2. The first-order valence-corrected chi connectivity index (χ1v) is 10.4. The molecule has 27 heavy (non-hydrogen) atoms. The molecule has 1 amide bonds. The zero-order valence-electron chi connectivity index (χ0n) is 16.5. The molecule has 3 saturated heterocycles. The maximum absolute atomic E-state index is 13.6. The molecule has 1 aromatic rings. The Bertz CT molecular complexity index is 681. The maximum atomic E-state index is 13.6. The largest absolute Gasteiger partial charge is 0.383 e. The lowest BCUT2D eigenvalue weighted by Gasteiger charge is -2.40. The molecule has 0 aromatic heterocycles. The molecule has 1 aromatic carbocycles. The molecule has 4 rings (SSSR count). The molecule has 148 valence electrons. The van der Waals surface area contributed by atoms with Crippen LogP contribution in [0.2, 0.25) is 0 Å². The summed E-state index contributed by atoms with van der Waals surface area (Å²) in [5.74, 6) is 0.840. The fourth-order valence-corrected chi connectivity index (χ4v) is 5.40. The van der Waals surface area contributed by atoms with E-state index >= 15 is 0 Å². The first-order chi connectivity index (χ1) is 13.1. The Morgan fingerprint density at radius 1 is 1.22 bits per heavy atom. The van der Waals surface area contributed by atoms with Crippen molar-refractivity contribution in [2.75, 3.05) is 33.4 Å². The molecule has 0 radical (unpaired) electrons. The minimum absolute atomic E-state index is 0.131. The number of rotatable bonds is 5. The molecule has 3 aliphatic heterocycles. The Hall–Kier alpha value is -1.46. The molecule has 4 nitrogen and oxygen atoms in total. The molecule has 0 spiro atoms. The van der Waals surface area contributed by atoms with Crippen molar-refractivity contribution in [3.05, 3.63) is 35.1 Å². The van der Waals surface area contributed by atoms with E-state index in [-0.39, 0.29) is 11.7 Å². The van der Waals surface area contributed by atoms with E-state index in [1.165, 1.54) is 5.56 Å². The van der Waals surface area contributed by atoms with Crippen molar-refractivity contribution in [3.8, 4) is 0 Å². The van der Waals surface area contributed by atoms with E-state index < -0.39 is 0 Å². The van der Waals surface area contributed by atoms with Gasteiger partial charge in [0.05, 0.1) is 12.5 Å². The number of aryl methyl sites for hydroxylation is 1. The monoisotopic (exact) mass is 374 g/mol. The number of carbonyl (C=O) groups is 1. The van der Waals surface area contributed by atoms with E-state index in [0.29, 0.717) is 23.9 Å². The second-order valence-corrected chi connectivity index (χ2v) is 8.59. The van der Waals surface area contributed by atoms with Crippen molar-refractivity contribution < 1.29 is 13.9 Å². The number of halogens is 1. The third-order valence-corrected chi connectivity index (χ3v) is 6.87. The number of amides is 1. The molecule has 3 fully saturated rings. The van der Waals surface area contributed by atoms with Crippen molar-refractivity contribution in [2.24, 2.45) is 5.92 Å². The predicted octanol–water partition coefficient (Wildman–Crippen LogP) is 3.34. The Morgan fingerprint density at radius 3 is 2.63 bits per heavy atom. The zero-order valence-corrected chi connectivity index (χ0v) is 16.5. The summed E-state index contributed by atoms with van der Waals surface area (Å²) in [5.41, 5.74) is 1.96. The summed E-state index contributed by atoms with van der Waals surface area (Å²) in [7, 11) is 1.73. The van der Waals surface area contributed by atoms with Crippen LogP contribution in [-0.2, 0) is 9.53 Å². The van der Waals surface area contributed by atoms with Crippen LogP contribution in [0, 0.1) is 18.7 Å². The number of nitrogens with zero attached hydrogens (tertiary/aromatic N) is 2. The lowest BCUT2D eigenvalue weighted by molar-refractivity contribution is -0.139. The van der Waals surface area contributed by atoms with Gasteiger partial charge in [-0.25, -0.2) is 4.39 Å². The fraction of sp³-hybridized carbons (Fsp3) is 0.682. The summed E-state index contributed by atoms with van der Waals surface area (Å²) in [6, 6.07) is 6.26. The van der Waals surface area contributed by atoms with Crippen LogP contribution in [0.4, 0.5) is 4.39 Å². The molecule has 3 heterocycles. The average molecular weight is 375 g/mol. The van der Waals surface area contributed by atoms with E-state index in [2.05, 4.69) is 9.80 Å². The van der Waals surface area contributed by atoms with E-state index in [0.717, 1.165) is 63.9 Å². The van der Waals surface area contributed by atoms with Crippen LogP contribution >= 0.6 is 0 Å². The zero-order chi connectivity index (χ0) is 19.0. The highest BCUT2D eigenvalue weighted by molar-refractivity contribution is 5.80. The van der Waals surface area contributed by atoms with Crippen LogP contribution in [0.25, 0.3) is 0 Å². The summed E-state index contributed by atoms with van der Waals surface area (Å²) in [5, 5.41) is 0. The number of carbonyl (C=O) groups excluding carboxylic acids is 1. The van der Waals surface area contributed by atoms with Gasteiger partial charge in [0.25, 0.3) is 0 Å². The number of likely N-dealkylation sites (tertiary alicyclic amines) is 1. The van der Waals surface area contributed by atoms with Crippen LogP contribution in [0.3, 0.4) is 0 Å². The minimum atomic E-state index is -0.131. The maximum Gasteiger partial charge on any atom is 0.227 e. The average Bonchev–Trinajstić information content (AvgIpc) is 3.24. The molecule has 3 aliphatic rings. The molecule has 1 unspecified atom stereocenters. The molecule has 0 aliphatic carbocycles. The fourth-order valence-electron chi connectivity index (χ4n) is 5.40. The quantitative estimate of drug-likeness (QED) is 0.792. The van der Waals surface area contributed by atoms with Gasteiger partial charge in [-0.2, -0.15) is 0 Å². The molecule has 0 saturated carbocycles. The van der Waals surface area contributed by atoms with Gasteiger partial charge < -0.3 is 14.5 Å². The van der Waals surface area contributed by atoms with Gasteiger partial charge in [0, 0.05) is 32.3 Å². The van der Waals surface area contributed by atoms with Crippen LogP contribution in [-0.4, -0.2) is 61.1 Å². The highest BCUT2D eigenvalue weighted by Crippen LogP contribution is 2.44. The molecule has 4 atom stereocenters. The summed E-state index contributed by atoms with van der Waals surface area (Å²) < 4.78 is 18.8. The van der Waals surface area contributed by atoms with Gasteiger partial charge in [0.2, 0.25) is 5.91 Å². The van der Waals surface area contributed by atoms with Gasteiger partial charge in [0.1, 0.15) is 5.82 Å². The highest BCUT2D eigenvalue weighted by Gasteiger charge is 2.45. The highest BCUT2D eigenvalue weighted by atomic mass is 19.1. The third kappa shape index (κ3) is 3.77. The van der Waals surface area contributed by atoms with Crippen molar-refractivity contribution in [2.45, 2.75) is 57.0 Å².